The Balaban J connectivity index is 2.36. The van der Waals surface area contributed by atoms with Crippen molar-refractivity contribution in [2.45, 2.75) is 32.1 Å². The van der Waals surface area contributed by atoms with E-state index in [1.807, 2.05) is 25.1 Å². The molecule has 1 aromatic carbocycles. The van der Waals surface area contributed by atoms with E-state index in [0.29, 0.717) is 5.56 Å². The lowest BCUT2D eigenvalue weighted by atomic mass is 9.98. The standard InChI is InChI=1S/C15H15NO2/c1-9-4-3-5-10-11(14(17)18)8-12(16-13(9)10)15(2)6-7-15/h3-5,8H,6-7H2,1-2H3,(H,17,18). The number of carbonyl (C=O) groups is 1. The minimum absolute atomic E-state index is 0.0840. The van der Waals surface area contributed by atoms with Gasteiger partial charge < -0.3 is 5.11 Å². The molecule has 0 spiro atoms. The van der Waals surface area contributed by atoms with Gasteiger partial charge in [0.15, 0.2) is 0 Å². The van der Waals surface area contributed by atoms with Crippen molar-refractivity contribution in [2.75, 3.05) is 0 Å². The molecule has 0 aliphatic heterocycles. The zero-order valence-corrected chi connectivity index (χ0v) is 10.5. The fourth-order valence-electron chi connectivity index (χ4n) is 2.32. The lowest BCUT2D eigenvalue weighted by molar-refractivity contribution is 0.0699. The number of pyridine rings is 1. The van der Waals surface area contributed by atoms with Crippen molar-refractivity contribution >= 4 is 16.9 Å². The van der Waals surface area contributed by atoms with E-state index in [4.69, 9.17) is 0 Å². The van der Waals surface area contributed by atoms with E-state index in [1.54, 1.807) is 6.07 Å². The molecule has 92 valence electrons. The van der Waals surface area contributed by atoms with Crippen molar-refractivity contribution in [3.8, 4) is 0 Å². The van der Waals surface area contributed by atoms with E-state index in [-0.39, 0.29) is 5.41 Å². The van der Waals surface area contributed by atoms with Crippen molar-refractivity contribution < 1.29 is 9.90 Å². The quantitative estimate of drug-likeness (QED) is 0.877. The average Bonchev–Trinajstić information content (AvgIpc) is 3.08. The lowest BCUT2D eigenvalue weighted by Crippen LogP contribution is -2.08. The third kappa shape index (κ3) is 1.58. The van der Waals surface area contributed by atoms with E-state index in [1.165, 1.54) is 0 Å². The van der Waals surface area contributed by atoms with Gasteiger partial charge in [0.05, 0.1) is 11.1 Å². The van der Waals surface area contributed by atoms with Crippen LogP contribution in [0.15, 0.2) is 24.3 Å². The summed E-state index contributed by atoms with van der Waals surface area (Å²) in [7, 11) is 0. The topological polar surface area (TPSA) is 50.2 Å². The minimum atomic E-state index is -0.876. The summed E-state index contributed by atoms with van der Waals surface area (Å²) in [6.07, 6.45) is 2.19. The van der Waals surface area contributed by atoms with Gasteiger partial charge in [0.25, 0.3) is 0 Å². The van der Waals surface area contributed by atoms with E-state index in [9.17, 15) is 9.90 Å². The first-order valence-electron chi connectivity index (χ1n) is 6.15. The number of rotatable bonds is 2. The Labute approximate surface area is 105 Å². The van der Waals surface area contributed by atoms with Crippen LogP contribution in [0.4, 0.5) is 0 Å². The maximum Gasteiger partial charge on any atom is 0.336 e. The highest BCUT2D eigenvalue weighted by Crippen LogP contribution is 2.47. The molecule has 0 atom stereocenters. The zero-order valence-electron chi connectivity index (χ0n) is 10.5. The van der Waals surface area contributed by atoms with E-state index >= 15 is 0 Å². The number of aromatic carboxylic acids is 1. The molecule has 1 saturated carbocycles. The van der Waals surface area contributed by atoms with E-state index < -0.39 is 5.97 Å². The maximum atomic E-state index is 11.4. The smallest absolute Gasteiger partial charge is 0.336 e. The van der Waals surface area contributed by atoms with Gasteiger partial charge in [-0.15, -0.1) is 0 Å². The SMILES string of the molecule is Cc1cccc2c(C(=O)O)cc(C3(C)CC3)nc12. The molecule has 1 aliphatic carbocycles. The number of fused-ring (bicyclic) bond motifs is 1. The molecular formula is C15H15NO2. The van der Waals surface area contributed by atoms with Crippen LogP contribution in [0.5, 0.6) is 0 Å². The van der Waals surface area contributed by atoms with Gasteiger partial charge in [-0.3, -0.25) is 4.98 Å². The Hall–Kier alpha value is -1.90. The molecule has 3 heteroatoms. The molecule has 3 rings (SSSR count). The van der Waals surface area contributed by atoms with Gasteiger partial charge in [-0.05, 0) is 31.4 Å². The third-order valence-electron chi connectivity index (χ3n) is 3.89. The highest BCUT2D eigenvalue weighted by molar-refractivity contribution is 6.03. The Morgan fingerprint density at radius 3 is 2.72 bits per heavy atom. The van der Waals surface area contributed by atoms with Crippen LogP contribution in [0, 0.1) is 6.92 Å². The molecule has 0 radical (unpaired) electrons. The fourth-order valence-corrected chi connectivity index (χ4v) is 2.32. The summed E-state index contributed by atoms with van der Waals surface area (Å²) in [5, 5.41) is 10.1. The first kappa shape index (κ1) is 11.2. The number of benzene rings is 1. The summed E-state index contributed by atoms with van der Waals surface area (Å²) in [4.78, 5) is 16.1. The second-order valence-electron chi connectivity index (χ2n) is 5.39. The number of hydrogen-bond acceptors (Lipinski definition) is 2. The highest BCUT2D eigenvalue weighted by Gasteiger charge is 2.41. The second kappa shape index (κ2) is 3.55. The van der Waals surface area contributed by atoms with Crippen molar-refractivity contribution in [1.82, 2.24) is 4.98 Å². The normalized spacial score (nSPS) is 16.8. The van der Waals surface area contributed by atoms with Gasteiger partial charge in [0, 0.05) is 16.5 Å². The summed E-state index contributed by atoms with van der Waals surface area (Å²) >= 11 is 0. The van der Waals surface area contributed by atoms with Crippen LogP contribution in [0.1, 0.15) is 41.4 Å². The number of nitrogens with zero attached hydrogens (tertiary/aromatic N) is 1. The Kier molecular flexibility index (Phi) is 2.21. The molecule has 1 aromatic heterocycles. The number of carboxylic acid groups (broad SMARTS) is 1. The van der Waals surface area contributed by atoms with Gasteiger partial charge in [0.1, 0.15) is 0 Å². The van der Waals surface area contributed by atoms with Crippen LogP contribution in [0.3, 0.4) is 0 Å². The fraction of sp³-hybridized carbons (Fsp3) is 0.333. The van der Waals surface area contributed by atoms with Gasteiger partial charge in [-0.2, -0.15) is 0 Å². The zero-order chi connectivity index (χ0) is 12.9. The van der Waals surface area contributed by atoms with Crippen LogP contribution in [0.2, 0.25) is 0 Å². The van der Waals surface area contributed by atoms with Crippen LogP contribution in [-0.2, 0) is 5.41 Å². The molecule has 1 heterocycles. The summed E-state index contributed by atoms with van der Waals surface area (Å²) in [5.41, 5.74) is 3.22. The summed E-state index contributed by atoms with van der Waals surface area (Å²) in [6, 6.07) is 7.43. The number of aryl methyl sites for hydroxylation is 1. The van der Waals surface area contributed by atoms with E-state index in [0.717, 1.165) is 35.0 Å². The highest BCUT2D eigenvalue weighted by atomic mass is 16.4. The molecule has 1 fully saturated rings. The largest absolute Gasteiger partial charge is 0.478 e. The van der Waals surface area contributed by atoms with Gasteiger partial charge in [0.2, 0.25) is 0 Å². The molecule has 2 aromatic rings. The number of carboxylic acids is 1. The second-order valence-corrected chi connectivity index (χ2v) is 5.39. The van der Waals surface area contributed by atoms with Crippen LogP contribution in [-0.4, -0.2) is 16.1 Å². The van der Waals surface area contributed by atoms with Crippen LogP contribution < -0.4 is 0 Å². The van der Waals surface area contributed by atoms with Gasteiger partial charge in [-0.25, -0.2) is 4.79 Å². The first-order valence-corrected chi connectivity index (χ1v) is 6.15. The lowest BCUT2D eigenvalue weighted by Gasteiger charge is -2.12. The van der Waals surface area contributed by atoms with Crippen molar-refractivity contribution in [3.05, 3.63) is 41.1 Å². The predicted molar refractivity (Wildman–Crippen MR) is 70.0 cm³/mol. The summed E-state index contributed by atoms with van der Waals surface area (Å²) in [6.45, 7) is 4.12. The number of para-hydroxylation sites is 1. The monoisotopic (exact) mass is 241 g/mol. The predicted octanol–water partition coefficient (Wildman–Crippen LogP) is 3.29. The number of aromatic nitrogens is 1. The minimum Gasteiger partial charge on any atom is -0.478 e. The van der Waals surface area contributed by atoms with Crippen molar-refractivity contribution in [2.24, 2.45) is 0 Å². The van der Waals surface area contributed by atoms with Crippen LogP contribution >= 0.6 is 0 Å². The molecule has 0 saturated heterocycles. The summed E-state index contributed by atoms with van der Waals surface area (Å²) in [5.74, 6) is -0.876. The third-order valence-corrected chi connectivity index (χ3v) is 3.89. The number of hydrogen-bond donors (Lipinski definition) is 1. The molecular weight excluding hydrogens is 226 g/mol. The van der Waals surface area contributed by atoms with Gasteiger partial charge >= 0.3 is 5.97 Å². The Bertz CT molecular complexity index is 657. The molecule has 3 nitrogen and oxygen atoms in total. The molecule has 18 heavy (non-hydrogen) atoms. The van der Waals surface area contributed by atoms with Crippen molar-refractivity contribution in [3.63, 3.8) is 0 Å². The first-order chi connectivity index (χ1) is 8.51. The van der Waals surface area contributed by atoms with Gasteiger partial charge in [-0.1, -0.05) is 25.1 Å². The maximum absolute atomic E-state index is 11.4. The average molecular weight is 241 g/mol. The van der Waals surface area contributed by atoms with Crippen LogP contribution in [0.25, 0.3) is 10.9 Å². The van der Waals surface area contributed by atoms with E-state index in [2.05, 4.69) is 11.9 Å². The molecule has 1 N–H and O–H groups in total. The molecule has 0 unspecified atom stereocenters. The molecule has 0 bridgehead atoms. The summed E-state index contributed by atoms with van der Waals surface area (Å²) < 4.78 is 0. The Morgan fingerprint density at radius 1 is 1.39 bits per heavy atom. The van der Waals surface area contributed by atoms with Crippen molar-refractivity contribution in [1.29, 1.82) is 0 Å². The molecule has 0 amide bonds. The Morgan fingerprint density at radius 2 is 2.11 bits per heavy atom. The molecule has 1 aliphatic rings.